The van der Waals surface area contributed by atoms with E-state index in [1.54, 1.807) is 18.1 Å². The molecule has 0 unspecified atom stereocenters. The highest BCUT2D eigenvalue weighted by atomic mass is 32.2. The maximum Gasteiger partial charge on any atom is 0.169 e. The highest BCUT2D eigenvalue weighted by Crippen LogP contribution is 2.51. The fourth-order valence-corrected chi connectivity index (χ4v) is 3.13. The fraction of sp³-hybridized carbons (Fsp3) is 0.625. The van der Waals surface area contributed by atoms with Crippen LogP contribution in [0.15, 0.2) is 10.7 Å². The number of hydrogen-bond donors (Lipinski definition) is 2. The van der Waals surface area contributed by atoms with Crippen LogP contribution in [0.3, 0.4) is 0 Å². The Bertz CT molecular complexity index is 318. The van der Waals surface area contributed by atoms with Gasteiger partial charge in [-0.2, -0.15) is 4.37 Å². The van der Waals surface area contributed by atoms with Crippen molar-refractivity contribution in [2.75, 3.05) is 5.75 Å². The molecule has 0 radical (unpaired) electrons. The molecule has 0 saturated heterocycles. The topological polar surface area (TPSA) is 75.7 Å². The Morgan fingerprint density at radius 1 is 1.71 bits per heavy atom. The summed E-state index contributed by atoms with van der Waals surface area (Å²) in [5.74, 6) is 1.32. The number of nitrogens with one attached hydrogen (secondary N) is 1. The Hall–Kier alpha value is -0.620. The summed E-state index contributed by atoms with van der Waals surface area (Å²) in [5.41, 5.74) is 5.71. The molecule has 3 N–H and O–H groups in total. The number of aromatic nitrogens is 2. The normalized spacial score (nSPS) is 18.0. The smallest absolute Gasteiger partial charge is 0.169 e. The second kappa shape index (κ2) is 3.86. The molecule has 1 aliphatic carbocycles. The number of nitrogens with two attached hydrogens (primary N) is 1. The monoisotopic (exact) mass is 228 g/mol. The largest absolute Gasteiger partial charge is 0.388 e. The molecule has 4 nitrogen and oxygen atoms in total. The lowest BCUT2D eigenvalue weighted by Gasteiger charge is -2.11. The molecule has 0 spiro atoms. The van der Waals surface area contributed by atoms with Gasteiger partial charge in [0.05, 0.1) is 5.84 Å². The maximum absolute atomic E-state index is 7.29. The summed E-state index contributed by atoms with van der Waals surface area (Å²) in [4.78, 5) is 4.11. The Morgan fingerprint density at radius 3 is 3.00 bits per heavy atom. The van der Waals surface area contributed by atoms with Crippen LogP contribution in [0, 0.1) is 10.8 Å². The van der Waals surface area contributed by atoms with E-state index in [2.05, 4.69) is 9.36 Å². The van der Waals surface area contributed by atoms with Gasteiger partial charge >= 0.3 is 0 Å². The van der Waals surface area contributed by atoms with Gasteiger partial charge in [0.1, 0.15) is 6.33 Å². The van der Waals surface area contributed by atoms with E-state index in [-0.39, 0.29) is 0 Å². The van der Waals surface area contributed by atoms with Gasteiger partial charge in [0.2, 0.25) is 0 Å². The standard InChI is InChI=1S/C8H12N4S2/c9-6(10)3-8(1-2-8)4-13-7-11-5-12-14-7/h5H,1-4H2,(H3,9,10). The van der Waals surface area contributed by atoms with Gasteiger partial charge in [-0.25, -0.2) is 4.98 Å². The van der Waals surface area contributed by atoms with Gasteiger partial charge in [0.15, 0.2) is 4.34 Å². The molecule has 1 fully saturated rings. The van der Waals surface area contributed by atoms with Crippen LogP contribution in [0.25, 0.3) is 0 Å². The van der Waals surface area contributed by atoms with Crippen LogP contribution >= 0.6 is 23.3 Å². The highest BCUT2D eigenvalue weighted by Gasteiger charge is 2.42. The molecule has 1 heterocycles. The summed E-state index contributed by atoms with van der Waals surface area (Å²) >= 11 is 3.16. The average molecular weight is 228 g/mol. The summed E-state index contributed by atoms with van der Waals surface area (Å²) in [6.07, 6.45) is 4.70. The van der Waals surface area contributed by atoms with E-state index in [1.165, 1.54) is 24.4 Å². The maximum atomic E-state index is 7.29. The summed E-state index contributed by atoms with van der Waals surface area (Å²) in [6, 6.07) is 0. The SMILES string of the molecule is N=C(N)CC1(CSc2ncns2)CC1. The molecule has 0 aliphatic heterocycles. The average Bonchev–Trinajstić information content (AvgIpc) is 2.68. The van der Waals surface area contributed by atoms with E-state index in [1.807, 2.05) is 0 Å². The Morgan fingerprint density at radius 2 is 2.50 bits per heavy atom. The Balaban J connectivity index is 1.83. The molecule has 1 saturated carbocycles. The van der Waals surface area contributed by atoms with Gasteiger partial charge in [-0.3, -0.25) is 5.41 Å². The molecule has 6 heteroatoms. The lowest BCUT2D eigenvalue weighted by atomic mass is 10.1. The molecule has 0 amide bonds. The quantitative estimate of drug-likeness (QED) is 0.457. The first-order valence-electron chi connectivity index (χ1n) is 4.43. The lowest BCUT2D eigenvalue weighted by Crippen LogP contribution is -2.17. The van der Waals surface area contributed by atoms with Crippen LogP contribution in [0.5, 0.6) is 0 Å². The summed E-state index contributed by atoms with van der Waals surface area (Å²) in [5, 5.41) is 7.29. The highest BCUT2D eigenvalue weighted by molar-refractivity contribution is 8.00. The van der Waals surface area contributed by atoms with E-state index >= 15 is 0 Å². The molecule has 14 heavy (non-hydrogen) atoms. The van der Waals surface area contributed by atoms with Gasteiger partial charge < -0.3 is 5.73 Å². The van der Waals surface area contributed by atoms with Crippen LogP contribution in [0.4, 0.5) is 0 Å². The van der Waals surface area contributed by atoms with Crippen molar-refractivity contribution < 1.29 is 0 Å². The molecular formula is C8H12N4S2. The van der Waals surface area contributed by atoms with Crippen LogP contribution in [0.1, 0.15) is 19.3 Å². The van der Waals surface area contributed by atoms with Crippen LogP contribution < -0.4 is 5.73 Å². The summed E-state index contributed by atoms with van der Waals surface area (Å²) < 4.78 is 4.96. The molecule has 2 rings (SSSR count). The minimum absolute atomic E-state index is 0.294. The van der Waals surface area contributed by atoms with Crippen molar-refractivity contribution in [1.29, 1.82) is 5.41 Å². The van der Waals surface area contributed by atoms with Gasteiger partial charge in [0, 0.05) is 12.2 Å². The third-order valence-corrected chi connectivity index (χ3v) is 4.51. The first-order chi connectivity index (χ1) is 6.70. The third kappa shape index (κ3) is 2.45. The Kier molecular flexibility index (Phi) is 2.73. The molecule has 0 aromatic carbocycles. The predicted octanol–water partition coefficient (Wildman–Crippen LogP) is 1.74. The van der Waals surface area contributed by atoms with Crippen molar-refractivity contribution in [2.24, 2.45) is 11.1 Å². The van der Waals surface area contributed by atoms with Gasteiger partial charge in [-0.1, -0.05) is 11.8 Å². The zero-order valence-electron chi connectivity index (χ0n) is 7.69. The second-order valence-corrected chi connectivity index (χ2v) is 5.70. The van der Waals surface area contributed by atoms with Gasteiger partial charge in [-0.05, 0) is 29.8 Å². The zero-order chi connectivity index (χ0) is 10.0. The van der Waals surface area contributed by atoms with E-state index < -0.39 is 0 Å². The van der Waals surface area contributed by atoms with Crippen molar-refractivity contribution >= 4 is 29.1 Å². The molecule has 0 atom stereocenters. The van der Waals surface area contributed by atoms with Crippen LogP contribution in [-0.4, -0.2) is 20.9 Å². The summed E-state index contributed by atoms with van der Waals surface area (Å²) in [7, 11) is 0. The summed E-state index contributed by atoms with van der Waals surface area (Å²) in [6.45, 7) is 0. The van der Waals surface area contributed by atoms with Crippen molar-refractivity contribution in [3.63, 3.8) is 0 Å². The van der Waals surface area contributed by atoms with Crippen LogP contribution in [-0.2, 0) is 0 Å². The van der Waals surface area contributed by atoms with E-state index in [9.17, 15) is 0 Å². The molecule has 76 valence electrons. The predicted molar refractivity (Wildman–Crippen MR) is 58.8 cm³/mol. The fourth-order valence-electron chi connectivity index (χ4n) is 1.39. The molecular weight excluding hydrogens is 216 g/mol. The minimum Gasteiger partial charge on any atom is -0.388 e. The van der Waals surface area contributed by atoms with Gasteiger partial charge in [-0.15, -0.1) is 0 Å². The van der Waals surface area contributed by atoms with Crippen molar-refractivity contribution in [3.05, 3.63) is 6.33 Å². The molecule has 0 bridgehead atoms. The van der Waals surface area contributed by atoms with E-state index in [0.717, 1.165) is 16.5 Å². The van der Waals surface area contributed by atoms with Crippen LogP contribution in [0.2, 0.25) is 0 Å². The number of rotatable bonds is 5. The second-order valence-electron chi connectivity index (χ2n) is 3.70. The number of nitrogens with zero attached hydrogens (tertiary/aromatic N) is 2. The van der Waals surface area contributed by atoms with Crippen molar-refractivity contribution in [2.45, 2.75) is 23.6 Å². The van der Waals surface area contributed by atoms with Crippen molar-refractivity contribution in [1.82, 2.24) is 9.36 Å². The van der Waals surface area contributed by atoms with E-state index in [0.29, 0.717) is 11.3 Å². The number of amidine groups is 1. The first-order valence-corrected chi connectivity index (χ1v) is 6.18. The first kappa shape index (κ1) is 9.92. The Labute approximate surface area is 91.0 Å². The molecule has 1 aromatic heterocycles. The molecule has 1 aliphatic rings. The third-order valence-electron chi connectivity index (χ3n) is 2.37. The molecule has 1 aromatic rings. The number of thioether (sulfide) groups is 1. The van der Waals surface area contributed by atoms with Crippen molar-refractivity contribution in [3.8, 4) is 0 Å². The van der Waals surface area contributed by atoms with Gasteiger partial charge in [0.25, 0.3) is 0 Å². The lowest BCUT2D eigenvalue weighted by molar-refractivity contribution is 0.612. The minimum atomic E-state index is 0.294. The zero-order valence-corrected chi connectivity index (χ0v) is 9.33. The number of hydrogen-bond acceptors (Lipinski definition) is 5. The van der Waals surface area contributed by atoms with E-state index in [4.69, 9.17) is 11.1 Å².